The smallest absolute Gasteiger partial charge is 0.225 e. The summed E-state index contributed by atoms with van der Waals surface area (Å²) in [6.07, 6.45) is 2.07. The first-order valence-corrected chi connectivity index (χ1v) is 5.51. The van der Waals surface area contributed by atoms with Crippen molar-refractivity contribution in [2.45, 2.75) is 19.4 Å². The van der Waals surface area contributed by atoms with Crippen molar-refractivity contribution < 1.29 is 9.18 Å². The van der Waals surface area contributed by atoms with E-state index in [9.17, 15) is 9.18 Å². The normalized spacial score (nSPS) is 11.9. The van der Waals surface area contributed by atoms with Crippen molar-refractivity contribution in [3.8, 4) is 0 Å². The lowest BCUT2D eigenvalue weighted by Crippen LogP contribution is -2.30. The van der Waals surface area contributed by atoms with Crippen LogP contribution in [0.4, 0.5) is 10.1 Å². The Balaban J connectivity index is 2.41. The van der Waals surface area contributed by atoms with Crippen LogP contribution in [0, 0.1) is 5.82 Å². The highest BCUT2D eigenvalue weighted by Gasteiger charge is 2.08. The van der Waals surface area contributed by atoms with E-state index < -0.39 is 0 Å². The molecular weight excluding hydrogens is 219 g/mol. The highest BCUT2D eigenvalue weighted by molar-refractivity contribution is 5.91. The van der Waals surface area contributed by atoms with Crippen LogP contribution < -0.4 is 10.6 Å². The van der Waals surface area contributed by atoms with Gasteiger partial charge in [0.25, 0.3) is 0 Å². The van der Waals surface area contributed by atoms with Crippen molar-refractivity contribution in [1.82, 2.24) is 5.32 Å². The molecule has 1 atom stereocenters. The van der Waals surface area contributed by atoms with Gasteiger partial charge in [-0.25, -0.2) is 4.39 Å². The lowest BCUT2D eigenvalue weighted by molar-refractivity contribution is -0.116. The zero-order valence-corrected chi connectivity index (χ0v) is 9.87. The predicted molar refractivity (Wildman–Crippen MR) is 67.3 cm³/mol. The molecule has 0 saturated carbocycles. The molecule has 1 aromatic rings. The van der Waals surface area contributed by atoms with E-state index in [1.54, 1.807) is 18.2 Å². The molecule has 3 nitrogen and oxygen atoms in total. The van der Waals surface area contributed by atoms with E-state index in [1.165, 1.54) is 12.1 Å². The number of halogens is 1. The van der Waals surface area contributed by atoms with Crippen LogP contribution in [0.25, 0.3) is 0 Å². The van der Waals surface area contributed by atoms with Crippen LogP contribution in [0.2, 0.25) is 0 Å². The Hall–Kier alpha value is -1.68. The fourth-order valence-corrected chi connectivity index (χ4v) is 1.41. The Bertz CT molecular complexity index is 393. The number of benzene rings is 1. The van der Waals surface area contributed by atoms with Gasteiger partial charge in [0.2, 0.25) is 5.91 Å². The molecule has 0 aliphatic carbocycles. The summed E-state index contributed by atoms with van der Waals surface area (Å²) in [5, 5.41) is 5.75. The second kappa shape index (κ2) is 6.81. The first-order chi connectivity index (χ1) is 8.11. The summed E-state index contributed by atoms with van der Waals surface area (Å²) in [5.74, 6) is -0.500. The summed E-state index contributed by atoms with van der Waals surface area (Å²) in [6.45, 7) is 6.16. The van der Waals surface area contributed by atoms with E-state index >= 15 is 0 Å². The maximum Gasteiger partial charge on any atom is 0.225 e. The molecule has 1 amide bonds. The van der Waals surface area contributed by atoms with Gasteiger partial charge >= 0.3 is 0 Å². The summed E-state index contributed by atoms with van der Waals surface area (Å²) in [5.41, 5.74) is 0.478. The maximum atomic E-state index is 12.9. The van der Waals surface area contributed by atoms with Gasteiger partial charge in [0.1, 0.15) is 5.82 Å². The van der Waals surface area contributed by atoms with Gasteiger partial charge in [0, 0.05) is 24.7 Å². The Morgan fingerprint density at radius 2 is 2.35 bits per heavy atom. The largest absolute Gasteiger partial charge is 0.326 e. The van der Waals surface area contributed by atoms with Gasteiger partial charge in [-0.3, -0.25) is 4.79 Å². The van der Waals surface area contributed by atoms with E-state index in [0.717, 1.165) is 0 Å². The number of hydrogen-bond acceptors (Lipinski definition) is 2. The van der Waals surface area contributed by atoms with Crippen LogP contribution in [-0.2, 0) is 4.79 Å². The highest BCUT2D eigenvalue weighted by Crippen LogP contribution is 2.09. The average molecular weight is 236 g/mol. The average Bonchev–Trinajstić information content (AvgIpc) is 2.26. The van der Waals surface area contributed by atoms with Gasteiger partial charge in [-0.1, -0.05) is 12.1 Å². The van der Waals surface area contributed by atoms with Crippen LogP contribution in [0.5, 0.6) is 0 Å². The lowest BCUT2D eigenvalue weighted by atomic mass is 10.2. The number of rotatable bonds is 6. The highest BCUT2D eigenvalue weighted by atomic mass is 19.1. The van der Waals surface area contributed by atoms with Gasteiger partial charge in [-0.2, -0.15) is 0 Å². The van der Waals surface area contributed by atoms with Crippen LogP contribution in [-0.4, -0.2) is 18.5 Å². The topological polar surface area (TPSA) is 41.1 Å². The minimum Gasteiger partial charge on any atom is -0.326 e. The molecule has 0 radical (unpaired) electrons. The molecule has 1 unspecified atom stereocenters. The first-order valence-electron chi connectivity index (χ1n) is 5.51. The third-order valence-electron chi connectivity index (χ3n) is 2.21. The Labute approximate surface area is 101 Å². The van der Waals surface area contributed by atoms with Gasteiger partial charge in [-0.05, 0) is 25.1 Å². The molecule has 0 aliphatic heterocycles. The zero-order chi connectivity index (χ0) is 12.7. The van der Waals surface area contributed by atoms with E-state index in [0.29, 0.717) is 18.7 Å². The molecule has 17 heavy (non-hydrogen) atoms. The third kappa shape index (κ3) is 5.26. The molecule has 0 bridgehead atoms. The molecule has 0 spiro atoms. The molecule has 0 aromatic heterocycles. The summed E-state index contributed by atoms with van der Waals surface area (Å²) >= 11 is 0. The summed E-state index contributed by atoms with van der Waals surface area (Å²) < 4.78 is 12.9. The van der Waals surface area contributed by atoms with Crippen molar-refractivity contribution >= 4 is 11.6 Å². The monoisotopic (exact) mass is 236 g/mol. The molecule has 4 heteroatoms. The van der Waals surface area contributed by atoms with Crippen LogP contribution in [0.3, 0.4) is 0 Å². The van der Waals surface area contributed by atoms with Crippen molar-refractivity contribution in [2.75, 3.05) is 11.9 Å². The first kappa shape index (κ1) is 13.4. The summed E-state index contributed by atoms with van der Waals surface area (Å²) in [6, 6.07) is 5.90. The number of nitrogens with one attached hydrogen (secondary N) is 2. The fraction of sp³-hybridized carbons (Fsp3) is 0.308. The summed E-state index contributed by atoms with van der Waals surface area (Å²) in [4.78, 5) is 11.6. The molecule has 0 aliphatic rings. The quantitative estimate of drug-likeness (QED) is 0.744. The predicted octanol–water partition coefficient (Wildman–Crippen LogP) is 2.32. The molecule has 1 aromatic carbocycles. The molecule has 1 rings (SSSR count). The fourth-order valence-electron chi connectivity index (χ4n) is 1.41. The third-order valence-corrected chi connectivity index (χ3v) is 2.21. The minimum atomic E-state index is -0.361. The van der Waals surface area contributed by atoms with E-state index in [4.69, 9.17) is 0 Å². The lowest BCUT2D eigenvalue weighted by Gasteiger charge is -2.12. The standard InChI is InChI=1S/C13H17FN2O/c1-3-7-15-10(2)8-13(17)16-12-6-4-5-11(14)9-12/h3-6,9-10,15H,1,7-8H2,2H3,(H,16,17). The van der Waals surface area contributed by atoms with Crippen molar-refractivity contribution in [2.24, 2.45) is 0 Å². The van der Waals surface area contributed by atoms with Crippen LogP contribution in [0.15, 0.2) is 36.9 Å². The van der Waals surface area contributed by atoms with Crippen molar-refractivity contribution in [3.63, 3.8) is 0 Å². The van der Waals surface area contributed by atoms with Gasteiger partial charge in [0.05, 0.1) is 0 Å². The second-order valence-electron chi connectivity index (χ2n) is 3.86. The van der Waals surface area contributed by atoms with Crippen molar-refractivity contribution in [3.05, 3.63) is 42.7 Å². The zero-order valence-electron chi connectivity index (χ0n) is 9.87. The van der Waals surface area contributed by atoms with Crippen LogP contribution >= 0.6 is 0 Å². The molecule has 0 heterocycles. The molecular formula is C13H17FN2O. The number of hydrogen-bond donors (Lipinski definition) is 2. The molecule has 0 saturated heterocycles. The molecule has 92 valence electrons. The summed E-state index contributed by atoms with van der Waals surface area (Å²) in [7, 11) is 0. The van der Waals surface area contributed by atoms with Gasteiger partial charge in [0.15, 0.2) is 0 Å². The molecule has 0 fully saturated rings. The van der Waals surface area contributed by atoms with Gasteiger partial charge in [-0.15, -0.1) is 6.58 Å². The maximum absolute atomic E-state index is 12.9. The number of amides is 1. The number of anilines is 1. The minimum absolute atomic E-state index is 0.0570. The SMILES string of the molecule is C=CCNC(C)CC(=O)Nc1cccc(F)c1. The van der Waals surface area contributed by atoms with E-state index in [-0.39, 0.29) is 17.8 Å². The Morgan fingerprint density at radius 1 is 1.59 bits per heavy atom. The number of carbonyl (C=O) groups excluding carboxylic acids is 1. The van der Waals surface area contributed by atoms with Crippen LogP contribution in [0.1, 0.15) is 13.3 Å². The van der Waals surface area contributed by atoms with E-state index in [2.05, 4.69) is 17.2 Å². The van der Waals surface area contributed by atoms with E-state index in [1.807, 2.05) is 6.92 Å². The Morgan fingerprint density at radius 3 is 3.00 bits per heavy atom. The van der Waals surface area contributed by atoms with Gasteiger partial charge < -0.3 is 10.6 Å². The number of carbonyl (C=O) groups is 1. The van der Waals surface area contributed by atoms with Crippen molar-refractivity contribution in [1.29, 1.82) is 0 Å². The molecule has 2 N–H and O–H groups in total. The second-order valence-corrected chi connectivity index (χ2v) is 3.86. The Kier molecular flexibility index (Phi) is 5.36.